The highest BCUT2D eigenvalue weighted by Gasteiger charge is 2.12. The van der Waals surface area contributed by atoms with Gasteiger partial charge in [-0.05, 0) is 26.2 Å². The van der Waals surface area contributed by atoms with E-state index < -0.39 is 0 Å². The number of nitrogens with zero attached hydrogens (tertiary/aromatic N) is 3. The fourth-order valence-corrected chi connectivity index (χ4v) is 1.66. The quantitative estimate of drug-likeness (QED) is 0.860. The van der Waals surface area contributed by atoms with Crippen molar-refractivity contribution >= 4 is 17.5 Å². The summed E-state index contributed by atoms with van der Waals surface area (Å²) in [6, 6.07) is 0. The molecule has 0 atom stereocenters. The Morgan fingerprint density at radius 2 is 1.47 bits per heavy atom. The van der Waals surface area contributed by atoms with Crippen molar-refractivity contribution in [3.05, 3.63) is 17.4 Å². The first-order valence-electron chi connectivity index (χ1n) is 7.11. The van der Waals surface area contributed by atoms with Crippen LogP contribution < -0.4 is 4.90 Å². The molecule has 1 aromatic heterocycles. The van der Waals surface area contributed by atoms with Crippen LogP contribution in [0.3, 0.4) is 0 Å². The number of rotatable bonds is 1. The first kappa shape index (κ1) is 16.2. The Morgan fingerprint density at radius 3 is 1.89 bits per heavy atom. The van der Waals surface area contributed by atoms with Crippen LogP contribution in [0, 0.1) is 0 Å². The average molecular weight is 286 g/mol. The molecule has 1 saturated carbocycles. The third kappa shape index (κ3) is 8.01. The Labute approximate surface area is 120 Å². The van der Waals surface area contributed by atoms with E-state index in [2.05, 4.69) is 14.9 Å². The Balaban J connectivity index is 0.000000251. The number of aromatic nitrogens is 2. The van der Waals surface area contributed by atoms with Crippen LogP contribution in [0.1, 0.15) is 45.4 Å². The third-order valence-corrected chi connectivity index (χ3v) is 2.79. The van der Waals surface area contributed by atoms with E-state index in [1.807, 2.05) is 0 Å². The van der Waals surface area contributed by atoms with Crippen molar-refractivity contribution < 1.29 is 5.11 Å². The summed E-state index contributed by atoms with van der Waals surface area (Å²) in [7, 11) is 0. The van der Waals surface area contributed by atoms with Crippen LogP contribution in [0.2, 0.25) is 5.02 Å². The second kappa shape index (κ2) is 9.98. The molecule has 5 heteroatoms. The molecule has 1 aromatic rings. The number of anilines is 1. The van der Waals surface area contributed by atoms with E-state index in [0.29, 0.717) is 5.02 Å². The largest absolute Gasteiger partial charge is 0.397 e. The Kier molecular flexibility index (Phi) is 8.50. The zero-order chi connectivity index (χ0) is 13.9. The molecular weight excluding hydrogens is 262 g/mol. The van der Waals surface area contributed by atoms with Gasteiger partial charge < -0.3 is 10.0 Å². The average Bonchev–Trinajstić information content (AvgIpc) is 3.30. The normalized spacial score (nSPS) is 16.7. The van der Waals surface area contributed by atoms with Gasteiger partial charge in [-0.1, -0.05) is 30.9 Å². The Morgan fingerprint density at radius 1 is 1.05 bits per heavy atom. The van der Waals surface area contributed by atoms with E-state index >= 15 is 0 Å². The standard InChI is InChI=1S/C9H12ClN3.C3H6.C2H6O/c10-8-6-11-9(12-7-8)13-4-2-1-3-5-13;1-2-3-1;1-2-3/h6-7H,1-5H2;1-3H2;3H,2H2,1H3. The lowest BCUT2D eigenvalue weighted by Gasteiger charge is -2.26. The predicted octanol–water partition coefficient (Wildman–Crippen LogP) is 3.29. The van der Waals surface area contributed by atoms with E-state index in [9.17, 15) is 0 Å². The molecule has 0 aromatic carbocycles. The van der Waals surface area contributed by atoms with Crippen molar-refractivity contribution in [3.8, 4) is 0 Å². The van der Waals surface area contributed by atoms with Gasteiger partial charge in [0, 0.05) is 19.7 Å². The van der Waals surface area contributed by atoms with Gasteiger partial charge in [0.15, 0.2) is 0 Å². The molecule has 4 nitrogen and oxygen atoms in total. The summed E-state index contributed by atoms with van der Waals surface area (Å²) in [6.07, 6.45) is 11.6. The van der Waals surface area contributed by atoms with Gasteiger partial charge in [-0.3, -0.25) is 0 Å². The zero-order valence-electron chi connectivity index (χ0n) is 11.7. The molecular formula is C14H24ClN3O. The molecule has 0 bridgehead atoms. The van der Waals surface area contributed by atoms with Crippen LogP contribution in [0.25, 0.3) is 0 Å². The number of halogens is 1. The maximum absolute atomic E-state index is 7.57. The van der Waals surface area contributed by atoms with E-state index in [-0.39, 0.29) is 6.61 Å². The topological polar surface area (TPSA) is 49.3 Å². The highest BCUT2D eigenvalue weighted by Crippen LogP contribution is 2.16. The predicted molar refractivity (Wildman–Crippen MR) is 79.7 cm³/mol. The van der Waals surface area contributed by atoms with Crippen LogP contribution in [0.15, 0.2) is 12.4 Å². The molecule has 19 heavy (non-hydrogen) atoms. The smallest absolute Gasteiger partial charge is 0.225 e. The molecule has 0 amide bonds. The number of aliphatic hydroxyl groups excluding tert-OH is 1. The molecule has 2 fully saturated rings. The SMILES string of the molecule is C1CC1.CCO.Clc1cnc(N2CCCCC2)nc1. The lowest BCUT2D eigenvalue weighted by molar-refractivity contribution is 0.318. The van der Waals surface area contributed by atoms with Crippen molar-refractivity contribution in [1.29, 1.82) is 0 Å². The number of hydrogen-bond donors (Lipinski definition) is 1. The zero-order valence-corrected chi connectivity index (χ0v) is 12.4. The molecule has 1 N–H and O–H groups in total. The molecule has 0 unspecified atom stereocenters. The summed E-state index contributed by atoms with van der Waals surface area (Å²) in [6.45, 7) is 4.07. The fraction of sp³-hybridized carbons (Fsp3) is 0.714. The summed E-state index contributed by atoms with van der Waals surface area (Å²) in [4.78, 5) is 10.6. The van der Waals surface area contributed by atoms with Crippen molar-refractivity contribution in [2.75, 3.05) is 24.6 Å². The maximum atomic E-state index is 7.57. The molecule has 108 valence electrons. The minimum atomic E-state index is 0.250. The fourth-order valence-electron chi connectivity index (χ4n) is 1.56. The van der Waals surface area contributed by atoms with Crippen LogP contribution in [0.4, 0.5) is 5.95 Å². The number of piperidine rings is 1. The molecule has 1 aliphatic carbocycles. The molecule has 0 spiro atoms. The minimum Gasteiger partial charge on any atom is -0.397 e. The summed E-state index contributed by atoms with van der Waals surface area (Å²) in [5.74, 6) is 0.809. The monoisotopic (exact) mass is 285 g/mol. The van der Waals surface area contributed by atoms with Crippen LogP contribution in [-0.2, 0) is 0 Å². The molecule has 0 radical (unpaired) electrons. The molecule has 2 aliphatic rings. The minimum absolute atomic E-state index is 0.250. The van der Waals surface area contributed by atoms with Gasteiger partial charge in [0.2, 0.25) is 5.95 Å². The van der Waals surface area contributed by atoms with Gasteiger partial charge in [0.1, 0.15) is 0 Å². The van der Waals surface area contributed by atoms with Gasteiger partial charge in [-0.15, -0.1) is 0 Å². The molecule has 1 saturated heterocycles. The summed E-state index contributed by atoms with van der Waals surface area (Å²) >= 11 is 5.71. The second-order valence-electron chi connectivity index (χ2n) is 4.63. The second-order valence-corrected chi connectivity index (χ2v) is 5.06. The van der Waals surface area contributed by atoms with E-state index in [4.69, 9.17) is 16.7 Å². The van der Waals surface area contributed by atoms with Crippen molar-refractivity contribution in [1.82, 2.24) is 9.97 Å². The van der Waals surface area contributed by atoms with E-state index in [1.165, 1.54) is 38.5 Å². The van der Waals surface area contributed by atoms with Crippen molar-refractivity contribution in [2.45, 2.75) is 45.4 Å². The van der Waals surface area contributed by atoms with Gasteiger partial charge in [-0.2, -0.15) is 0 Å². The molecule has 2 heterocycles. The molecule has 3 rings (SSSR count). The summed E-state index contributed by atoms with van der Waals surface area (Å²) in [5.41, 5.74) is 0. The summed E-state index contributed by atoms with van der Waals surface area (Å²) < 4.78 is 0. The highest BCUT2D eigenvalue weighted by molar-refractivity contribution is 6.30. The molecule has 1 aliphatic heterocycles. The highest BCUT2D eigenvalue weighted by atomic mass is 35.5. The lowest BCUT2D eigenvalue weighted by Crippen LogP contribution is -2.30. The first-order chi connectivity index (χ1) is 9.27. The van der Waals surface area contributed by atoms with Gasteiger partial charge >= 0.3 is 0 Å². The van der Waals surface area contributed by atoms with Crippen LogP contribution in [-0.4, -0.2) is 34.8 Å². The maximum Gasteiger partial charge on any atom is 0.225 e. The number of aliphatic hydroxyl groups is 1. The summed E-state index contributed by atoms with van der Waals surface area (Å²) in [5, 5.41) is 8.17. The van der Waals surface area contributed by atoms with Gasteiger partial charge in [-0.25, -0.2) is 9.97 Å². The van der Waals surface area contributed by atoms with Crippen LogP contribution in [0.5, 0.6) is 0 Å². The third-order valence-electron chi connectivity index (χ3n) is 2.60. The van der Waals surface area contributed by atoms with Gasteiger partial charge in [0.25, 0.3) is 0 Å². The van der Waals surface area contributed by atoms with Crippen LogP contribution >= 0.6 is 11.6 Å². The van der Waals surface area contributed by atoms with Crippen molar-refractivity contribution in [3.63, 3.8) is 0 Å². The number of hydrogen-bond acceptors (Lipinski definition) is 4. The van der Waals surface area contributed by atoms with Gasteiger partial charge in [0.05, 0.1) is 17.4 Å². The van der Waals surface area contributed by atoms with Crippen molar-refractivity contribution in [2.24, 2.45) is 0 Å². The first-order valence-corrected chi connectivity index (χ1v) is 7.49. The Bertz CT molecular complexity index is 321. The van der Waals surface area contributed by atoms with E-state index in [1.54, 1.807) is 19.3 Å². The van der Waals surface area contributed by atoms with E-state index in [0.717, 1.165) is 19.0 Å². The Hall–Kier alpha value is -0.870. The lowest BCUT2D eigenvalue weighted by atomic mass is 10.1.